The first kappa shape index (κ1) is 13.5. The Kier molecular flexibility index (Phi) is 3.98. The molecule has 20 heavy (non-hydrogen) atoms. The molecule has 0 radical (unpaired) electrons. The number of nitrogens with zero attached hydrogens (tertiary/aromatic N) is 2. The van der Waals surface area contributed by atoms with Crippen LogP contribution in [0.1, 0.15) is 37.7 Å². The minimum Gasteiger partial charge on any atom is -0.311 e. The van der Waals surface area contributed by atoms with Crippen molar-refractivity contribution in [3.63, 3.8) is 0 Å². The zero-order valence-electron chi connectivity index (χ0n) is 11.4. The molecule has 1 heterocycles. The molecule has 0 aromatic heterocycles. The molecule has 1 atom stereocenters. The third-order valence-electron chi connectivity index (χ3n) is 4.12. The van der Waals surface area contributed by atoms with E-state index >= 15 is 0 Å². The molecule has 1 amide bonds. The predicted molar refractivity (Wildman–Crippen MR) is 81.8 cm³/mol. The summed E-state index contributed by atoms with van der Waals surface area (Å²) in [6.07, 6.45) is 6.12. The molecule has 3 nitrogen and oxygen atoms in total. The lowest BCUT2D eigenvalue weighted by molar-refractivity contribution is -0.116. The summed E-state index contributed by atoms with van der Waals surface area (Å²) in [4.78, 5) is 14.4. The number of anilines is 1. The van der Waals surface area contributed by atoms with E-state index in [9.17, 15) is 4.79 Å². The number of hydrogen-bond acceptors (Lipinski definition) is 3. The molecule has 2 aliphatic rings. The summed E-state index contributed by atoms with van der Waals surface area (Å²) in [6, 6.07) is 9.41. The molecule has 4 heteroatoms. The van der Waals surface area contributed by atoms with Gasteiger partial charge in [0, 0.05) is 17.5 Å². The zero-order valence-corrected chi connectivity index (χ0v) is 12.2. The van der Waals surface area contributed by atoms with Crippen molar-refractivity contribution < 1.29 is 4.79 Å². The van der Waals surface area contributed by atoms with Crippen LogP contribution < -0.4 is 4.90 Å². The summed E-state index contributed by atoms with van der Waals surface area (Å²) >= 11 is 1.89. The van der Waals surface area contributed by atoms with Crippen molar-refractivity contribution in [3.05, 3.63) is 29.8 Å². The third-order valence-corrected chi connectivity index (χ3v) is 5.75. The number of amides is 1. The minimum atomic E-state index is 0.133. The van der Waals surface area contributed by atoms with Gasteiger partial charge in [-0.3, -0.25) is 4.79 Å². The minimum absolute atomic E-state index is 0.133. The van der Waals surface area contributed by atoms with E-state index < -0.39 is 0 Å². The van der Waals surface area contributed by atoms with Gasteiger partial charge >= 0.3 is 0 Å². The van der Waals surface area contributed by atoms with Crippen LogP contribution in [0.5, 0.6) is 0 Å². The Labute approximate surface area is 124 Å². The molecular formula is C16H18N2OS. The Morgan fingerprint density at radius 2 is 1.85 bits per heavy atom. The van der Waals surface area contributed by atoms with Gasteiger partial charge in [-0.1, -0.05) is 12.8 Å². The van der Waals surface area contributed by atoms with Crippen LogP contribution in [0.25, 0.3) is 0 Å². The van der Waals surface area contributed by atoms with E-state index in [1.165, 1.54) is 25.7 Å². The molecule has 0 N–H and O–H groups in total. The monoisotopic (exact) mass is 286 g/mol. The molecule has 1 saturated heterocycles. The van der Waals surface area contributed by atoms with Crippen LogP contribution in [-0.4, -0.2) is 23.0 Å². The summed E-state index contributed by atoms with van der Waals surface area (Å²) in [5.41, 5.74) is 1.56. The summed E-state index contributed by atoms with van der Waals surface area (Å²) in [5, 5.41) is 9.63. The maximum absolute atomic E-state index is 12.5. The molecule has 1 aliphatic heterocycles. The van der Waals surface area contributed by atoms with E-state index in [0.29, 0.717) is 10.8 Å². The molecule has 0 unspecified atom stereocenters. The SMILES string of the molecule is N#Cc1ccc(N2CC[C@@H](SC3CCCC3)C2=O)cc1. The topological polar surface area (TPSA) is 44.1 Å². The lowest BCUT2D eigenvalue weighted by Gasteiger charge is -2.18. The highest BCUT2D eigenvalue weighted by Gasteiger charge is 2.35. The Morgan fingerprint density at radius 1 is 1.15 bits per heavy atom. The number of rotatable bonds is 3. The Balaban J connectivity index is 1.66. The lowest BCUT2D eigenvalue weighted by atomic mass is 10.2. The van der Waals surface area contributed by atoms with Gasteiger partial charge in [-0.2, -0.15) is 5.26 Å². The van der Waals surface area contributed by atoms with Gasteiger partial charge in [0.2, 0.25) is 5.91 Å². The Bertz CT molecular complexity index is 528. The summed E-state index contributed by atoms with van der Waals surface area (Å²) < 4.78 is 0. The molecule has 0 bridgehead atoms. The molecule has 1 aromatic carbocycles. The van der Waals surface area contributed by atoms with Gasteiger partial charge in [0.1, 0.15) is 0 Å². The van der Waals surface area contributed by atoms with Crippen LogP contribution >= 0.6 is 11.8 Å². The highest BCUT2D eigenvalue weighted by Crippen LogP contribution is 2.37. The number of thioether (sulfide) groups is 1. The number of benzene rings is 1. The summed E-state index contributed by atoms with van der Waals surface area (Å²) in [7, 11) is 0. The van der Waals surface area contributed by atoms with E-state index in [4.69, 9.17) is 5.26 Å². The van der Waals surface area contributed by atoms with Crippen molar-refractivity contribution >= 4 is 23.4 Å². The van der Waals surface area contributed by atoms with Gasteiger partial charge in [-0.05, 0) is 43.5 Å². The van der Waals surface area contributed by atoms with E-state index in [2.05, 4.69) is 6.07 Å². The van der Waals surface area contributed by atoms with Crippen LogP contribution in [0.3, 0.4) is 0 Å². The van der Waals surface area contributed by atoms with Gasteiger partial charge in [0.05, 0.1) is 16.9 Å². The van der Waals surface area contributed by atoms with Gasteiger partial charge in [0.25, 0.3) is 0 Å². The second-order valence-corrected chi connectivity index (χ2v) is 6.98. The largest absolute Gasteiger partial charge is 0.311 e. The molecule has 104 valence electrons. The fourth-order valence-corrected chi connectivity index (χ4v) is 4.56. The summed E-state index contributed by atoms with van der Waals surface area (Å²) in [6.45, 7) is 0.801. The fraction of sp³-hybridized carbons (Fsp3) is 0.500. The van der Waals surface area contributed by atoms with E-state index in [0.717, 1.165) is 18.7 Å². The number of carbonyl (C=O) groups is 1. The molecular weight excluding hydrogens is 268 g/mol. The predicted octanol–water partition coefficient (Wildman–Crippen LogP) is 3.34. The Hall–Kier alpha value is -1.47. The molecule has 2 fully saturated rings. The van der Waals surface area contributed by atoms with Gasteiger partial charge in [-0.15, -0.1) is 11.8 Å². The first-order valence-electron chi connectivity index (χ1n) is 7.25. The van der Waals surface area contributed by atoms with Crippen molar-refractivity contribution in [2.75, 3.05) is 11.4 Å². The second kappa shape index (κ2) is 5.88. The number of hydrogen-bond donors (Lipinski definition) is 0. The standard InChI is InChI=1S/C16H18N2OS/c17-11-12-5-7-13(8-6-12)18-10-9-15(16(18)19)20-14-3-1-2-4-14/h5-8,14-15H,1-4,9-10H2/t15-/m1/s1. The van der Waals surface area contributed by atoms with Crippen LogP contribution in [0.15, 0.2) is 24.3 Å². The first-order chi connectivity index (χ1) is 9.78. The van der Waals surface area contributed by atoms with Crippen LogP contribution in [0.2, 0.25) is 0 Å². The molecule has 3 rings (SSSR count). The van der Waals surface area contributed by atoms with Crippen molar-refractivity contribution in [3.8, 4) is 6.07 Å². The van der Waals surface area contributed by atoms with Crippen LogP contribution in [0, 0.1) is 11.3 Å². The second-order valence-electron chi connectivity index (χ2n) is 5.47. The first-order valence-corrected chi connectivity index (χ1v) is 8.19. The van der Waals surface area contributed by atoms with E-state index in [1.807, 2.05) is 28.8 Å². The van der Waals surface area contributed by atoms with Crippen LogP contribution in [-0.2, 0) is 4.79 Å². The third kappa shape index (κ3) is 2.69. The molecule has 1 saturated carbocycles. The molecule has 1 aliphatic carbocycles. The fourth-order valence-electron chi connectivity index (χ4n) is 3.01. The average molecular weight is 286 g/mol. The van der Waals surface area contributed by atoms with Gasteiger partial charge in [-0.25, -0.2) is 0 Å². The van der Waals surface area contributed by atoms with Crippen molar-refractivity contribution in [2.45, 2.75) is 42.6 Å². The normalized spacial score (nSPS) is 23.2. The smallest absolute Gasteiger partial charge is 0.240 e. The number of nitriles is 1. The van der Waals surface area contributed by atoms with Crippen molar-refractivity contribution in [2.24, 2.45) is 0 Å². The Morgan fingerprint density at radius 3 is 2.50 bits per heavy atom. The van der Waals surface area contributed by atoms with E-state index in [-0.39, 0.29) is 11.2 Å². The highest BCUT2D eigenvalue weighted by molar-refractivity contribution is 8.01. The van der Waals surface area contributed by atoms with Gasteiger partial charge < -0.3 is 4.90 Å². The zero-order chi connectivity index (χ0) is 13.9. The van der Waals surface area contributed by atoms with Gasteiger partial charge in [0.15, 0.2) is 0 Å². The van der Waals surface area contributed by atoms with Crippen molar-refractivity contribution in [1.29, 1.82) is 5.26 Å². The van der Waals surface area contributed by atoms with Crippen molar-refractivity contribution in [1.82, 2.24) is 0 Å². The lowest BCUT2D eigenvalue weighted by Crippen LogP contribution is -2.28. The quantitative estimate of drug-likeness (QED) is 0.856. The average Bonchev–Trinajstić information content (AvgIpc) is 3.11. The molecule has 1 aromatic rings. The van der Waals surface area contributed by atoms with E-state index in [1.54, 1.807) is 12.1 Å². The maximum atomic E-state index is 12.5. The maximum Gasteiger partial charge on any atom is 0.240 e. The van der Waals surface area contributed by atoms with Crippen LogP contribution in [0.4, 0.5) is 5.69 Å². The number of carbonyl (C=O) groups excluding carboxylic acids is 1. The molecule has 0 spiro atoms. The summed E-state index contributed by atoms with van der Waals surface area (Å²) in [5.74, 6) is 0.242. The highest BCUT2D eigenvalue weighted by atomic mass is 32.2.